The highest BCUT2D eigenvalue weighted by atomic mass is 16.2. The zero-order valence-electron chi connectivity index (χ0n) is 11.9. The summed E-state index contributed by atoms with van der Waals surface area (Å²) in [6.07, 6.45) is 0. The zero-order chi connectivity index (χ0) is 15.6. The van der Waals surface area contributed by atoms with Gasteiger partial charge < -0.3 is 16.8 Å². The summed E-state index contributed by atoms with van der Waals surface area (Å²) < 4.78 is 1.52. The van der Waals surface area contributed by atoms with Crippen molar-refractivity contribution in [1.82, 2.24) is 9.78 Å². The minimum Gasteiger partial charge on any atom is -0.395 e. The van der Waals surface area contributed by atoms with Crippen LogP contribution in [0.2, 0.25) is 0 Å². The minimum atomic E-state index is -0.612. The topological polar surface area (TPSA) is 116 Å². The van der Waals surface area contributed by atoms with Crippen LogP contribution in [-0.4, -0.2) is 21.6 Å². The predicted octanol–water partition coefficient (Wildman–Crippen LogP) is 1.14. The van der Waals surface area contributed by atoms with E-state index in [9.17, 15) is 9.59 Å². The van der Waals surface area contributed by atoms with Gasteiger partial charge in [0.2, 0.25) is 0 Å². The van der Waals surface area contributed by atoms with Crippen molar-refractivity contribution in [3.63, 3.8) is 0 Å². The Hall–Kier alpha value is -2.83. The molecule has 1 aromatic carbocycles. The van der Waals surface area contributed by atoms with Crippen molar-refractivity contribution in [3.8, 4) is 0 Å². The molecule has 0 fully saturated rings. The molecule has 0 radical (unpaired) electrons. The number of amides is 2. The lowest BCUT2D eigenvalue weighted by atomic mass is 10.1. The molecule has 0 atom stereocenters. The van der Waals surface area contributed by atoms with Crippen molar-refractivity contribution in [2.24, 2.45) is 5.73 Å². The Morgan fingerprint density at radius 3 is 2.62 bits per heavy atom. The van der Waals surface area contributed by atoms with Crippen LogP contribution in [0, 0.1) is 6.92 Å². The number of nitrogen functional groups attached to an aromatic ring is 1. The van der Waals surface area contributed by atoms with Gasteiger partial charge in [0.1, 0.15) is 5.69 Å². The molecule has 2 aromatic rings. The molecule has 110 valence electrons. The molecule has 0 aliphatic heterocycles. The molecule has 1 heterocycles. The second kappa shape index (κ2) is 5.66. The summed E-state index contributed by atoms with van der Waals surface area (Å²) in [5.41, 5.74) is 13.0. The van der Waals surface area contributed by atoms with Gasteiger partial charge in [-0.3, -0.25) is 14.3 Å². The van der Waals surface area contributed by atoms with Crippen LogP contribution in [0.1, 0.15) is 33.5 Å². The normalized spacial score (nSPS) is 10.4. The number of hydrogen-bond donors (Lipinski definition) is 3. The van der Waals surface area contributed by atoms with E-state index in [1.54, 1.807) is 31.2 Å². The van der Waals surface area contributed by atoms with Crippen molar-refractivity contribution >= 4 is 23.2 Å². The highest BCUT2D eigenvalue weighted by Gasteiger charge is 2.20. The Bertz CT molecular complexity index is 705. The first-order valence-corrected chi connectivity index (χ1v) is 6.48. The van der Waals surface area contributed by atoms with Crippen molar-refractivity contribution in [2.75, 3.05) is 11.1 Å². The van der Waals surface area contributed by atoms with E-state index in [-0.39, 0.29) is 11.3 Å². The number of benzene rings is 1. The quantitative estimate of drug-likeness (QED) is 0.781. The standard InChI is InChI=1S/C14H17N5O2/c1-3-19-12(11(15)8(2)18-19)14(21)17-10-7-5-4-6-9(10)13(16)20/h4-7H,3,15H2,1-2H3,(H2,16,20)(H,17,21). The van der Waals surface area contributed by atoms with E-state index in [4.69, 9.17) is 11.5 Å². The van der Waals surface area contributed by atoms with E-state index in [1.165, 1.54) is 4.68 Å². The van der Waals surface area contributed by atoms with Crippen LogP contribution in [-0.2, 0) is 6.54 Å². The minimum absolute atomic E-state index is 0.240. The molecule has 5 N–H and O–H groups in total. The summed E-state index contributed by atoms with van der Waals surface area (Å²) in [4.78, 5) is 23.8. The first-order valence-electron chi connectivity index (χ1n) is 6.48. The molecule has 7 nitrogen and oxygen atoms in total. The maximum atomic E-state index is 12.4. The number of carbonyl (C=O) groups is 2. The van der Waals surface area contributed by atoms with Crippen molar-refractivity contribution in [3.05, 3.63) is 41.2 Å². The number of primary amides is 1. The summed E-state index contributed by atoms with van der Waals surface area (Å²) >= 11 is 0. The van der Waals surface area contributed by atoms with Gasteiger partial charge in [-0.2, -0.15) is 5.10 Å². The van der Waals surface area contributed by atoms with E-state index >= 15 is 0 Å². The zero-order valence-corrected chi connectivity index (χ0v) is 11.9. The monoisotopic (exact) mass is 287 g/mol. The smallest absolute Gasteiger partial charge is 0.276 e. The van der Waals surface area contributed by atoms with Crippen LogP contribution in [0.5, 0.6) is 0 Å². The second-order valence-corrected chi connectivity index (χ2v) is 4.53. The third-order valence-corrected chi connectivity index (χ3v) is 3.13. The number of carbonyl (C=O) groups excluding carboxylic acids is 2. The number of rotatable bonds is 4. The van der Waals surface area contributed by atoms with Gasteiger partial charge in [-0.25, -0.2) is 0 Å². The lowest BCUT2D eigenvalue weighted by molar-refractivity contribution is 0.100. The fourth-order valence-electron chi connectivity index (χ4n) is 2.05. The summed E-state index contributed by atoms with van der Waals surface area (Å²) in [7, 11) is 0. The number of hydrogen-bond acceptors (Lipinski definition) is 4. The molecule has 0 aliphatic carbocycles. The van der Waals surface area contributed by atoms with E-state index < -0.39 is 11.8 Å². The van der Waals surface area contributed by atoms with Gasteiger partial charge in [-0.05, 0) is 26.0 Å². The van der Waals surface area contributed by atoms with Gasteiger partial charge in [0.25, 0.3) is 11.8 Å². The summed E-state index contributed by atoms with van der Waals surface area (Å²) in [6, 6.07) is 6.52. The van der Waals surface area contributed by atoms with E-state index in [0.717, 1.165) is 0 Å². The predicted molar refractivity (Wildman–Crippen MR) is 80.0 cm³/mol. The molecule has 0 unspecified atom stereocenters. The molecule has 1 aromatic heterocycles. The van der Waals surface area contributed by atoms with Gasteiger partial charge in [-0.1, -0.05) is 12.1 Å². The highest BCUT2D eigenvalue weighted by Crippen LogP contribution is 2.20. The second-order valence-electron chi connectivity index (χ2n) is 4.53. The number of para-hydroxylation sites is 1. The van der Waals surface area contributed by atoms with E-state index in [2.05, 4.69) is 10.4 Å². The highest BCUT2D eigenvalue weighted by molar-refractivity contribution is 6.10. The Kier molecular flexibility index (Phi) is 3.93. The number of nitrogens with one attached hydrogen (secondary N) is 1. The first kappa shape index (κ1) is 14.6. The van der Waals surface area contributed by atoms with Gasteiger partial charge in [0.15, 0.2) is 0 Å². The van der Waals surface area contributed by atoms with Crippen LogP contribution in [0.15, 0.2) is 24.3 Å². The third-order valence-electron chi connectivity index (χ3n) is 3.13. The maximum absolute atomic E-state index is 12.4. The van der Waals surface area contributed by atoms with Crippen molar-refractivity contribution in [2.45, 2.75) is 20.4 Å². The molecule has 0 saturated heterocycles. The summed E-state index contributed by atoms with van der Waals surface area (Å²) in [5.74, 6) is -1.04. The van der Waals surface area contributed by atoms with E-state index in [0.29, 0.717) is 23.6 Å². The van der Waals surface area contributed by atoms with Gasteiger partial charge in [0, 0.05) is 6.54 Å². The molecule has 0 aliphatic rings. The van der Waals surface area contributed by atoms with Crippen LogP contribution >= 0.6 is 0 Å². The van der Waals surface area contributed by atoms with Gasteiger partial charge >= 0.3 is 0 Å². The molecule has 2 rings (SSSR count). The largest absolute Gasteiger partial charge is 0.395 e. The number of aryl methyl sites for hydroxylation is 2. The Morgan fingerprint density at radius 1 is 1.33 bits per heavy atom. The van der Waals surface area contributed by atoms with Crippen LogP contribution in [0.4, 0.5) is 11.4 Å². The van der Waals surface area contributed by atoms with E-state index in [1.807, 2.05) is 6.92 Å². The summed E-state index contributed by atoms with van der Waals surface area (Å²) in [6.45, 7) is 4.11. The number of aromatic nitrogens is 2. The number of anilines is 2. The molecule has 0 saturated carbocycles. The third kappa shape index (κ3) is 2.71. The summed E-state index contributed by atoms with van der Waals surface area (Å²) in [5, 5.41) is 6.84. The van der Waals surface area contributed by atoms with Crippen molar-refractivity contribution < 1.29 is 9.59 Å². The lowest BCUT2D eigenvalue weighted by Gasteiger charge is -2.10. The Balaban J connectivity index is 2.37. The molecule has 0 spiro atoms. The average molecular weight is 287 g/mol. The van der Waals surface area contributed by atoms with Gasteiger partial charge in [0.05, 0.1) is 22.6 Å². The molecule has 7 heteroatoms. The molecular weight excluding hydrogens is 270 g/mol. The Morgan fingerprint density at radius 2 is 2.00 bits per heavy atom. The molecule has 21 heavy (non-hydrogen) atoms. The SMILES string of the molecule is CCn1nc(C)c(N)c1C(=O)Nc1ccccc1C(N)=O. The first-order chi connectivity index (χ1) is 9.95. The van der Waals surface area contributed by atoms with Crippen LogP contribution < -0.4 is 16.8 Å². The van der Waals surface area contributed by atoms with Crippen LogP contribution in [0.3, 0.4) is 0 Å². The van der Waals surface area contributed by atoms with Crippen LogP contribution in [0.25, 0.3) is 0 Å². The average Bonchev–Trinajstić information content (AvgIpc) is 2.74. The Labute approximate surface area is 121 Å². The van der Waals surface area contributed by atoms with Gasteiger partial charge in [-0.15, -0.1) is 0 Å². The molecule has 0 bridgehead atoms. The lowest BCUT2D eigenvalue weighted by Crippen LogP contribution is -2.21. The van der Waals surface area contributed by atoms with Crippen molar-refractivity contribution in [1.29, 1.82) is 0 Å². The molecule has 2 amide bonds. The number of nitrogens with zero attached hydrogens (tertiary/aromatic N) is 2. The fraction of sp³-hybridized carbons (Fsp3) is 0.214. The molecular formula is C14H17N5O2. The fourth-order valence-corrected chi connectivity index (χ4v) is 2.05. The number of nitrogens with two attached hydrogens (primary N) is 2. The maximum Gasteiger partial charge on any atom is 0.276 e.